The largest absolute Gasteiger partial charge is 0.495 e. The lowest BCUT2D eigenvalue weighted by Gasteiger charge is -2.26. The first kappa shape index (κ1) is 23.3. The molecule has 3 rings (SSSR count). The molecule has 0 spiro atoms. The van der Waals surface area contributed by atoms with Crippen molar-refractivity contribution in [3.63, 3.8) is 0 Å². The number of nitrogens with one attached hydrogen (secondary N) is 1. The van der Waals surface area contributed by atoms with E-state index in [4.69, 9.17) is 4.74 Å². The SMILES string of the molecule is COc1ccc(C)cc1N(CC(=O)Nc1c(C)cccc1C)S(=O)(=O)c1ccc(C)cc1. The topological polar surface area (TPSA) is 75.7 Å². The van der Waals surface area contributed by atoms with Crippen molar-refractivity contribution in [2.24, 2.45) is 0 Å². The summed E-state index contributed by atoms with van der Waals surface area (Å²) in [5.74, 6) is -0.0761. The smallest absolute Gasteiger partial charge is 0.264 e. The van der Waals surface area contributed by atoms with Crippen molar-refractivity contribution in [1.29, 1.82) is 0 Å². The predicted octanol–water partition coefficient (Wildman–Crippen LogP) is 4.76. The fourth-order valence-electron chi connectivity index (χ4n) is 3.45. The Morgan fingerprint density at radius 1 is 0.906 bits per heavy atom. The third kappa shape index (κ3) is 4.94. The molecule has 0 unspecified atom stereocenters. The van der Waals surface area contributed by atoms with Crippen LogP contribution in [0.4, 0.5) is 11.4 Å². The van der Waals surface area contributed by atoms with Crippen molar-refractivity contribution in [2.45, 2.75) is 32.6 Å². The molecule has 0 aromatic heterocycles. The van der Waals surface area contributed by atoms with Gasteiger partial charge in [-0.25, -0.2) is 8.42 Å². The van der Waals surface area contributed by atoms with Crippen LogP contribution in [-0.2, 0) is 14.8 Å². The van der Waals surface area contributed by atoms with E-state index < -0.39 is 22.5 Å². The van der Waals surface area contributed by atoms with E-state index in [0.717, 1.165) is 26.6 Å². The van der Waals surface area contributed by atoms with Gasteiger partial charge in [0.25, 0.3) is 10.0 Å². The molecular weight excluding hydrogens is 424 g/mol. The zero-order valence-electron chi connectivity index (χ0n) is 19.0. The Bertz CT molecular complexity index is 1220. The Kier molecular flexibility index (Phi) is 6.89. The summed E-state index contributed by atoms with van der Waals surface area (Å²) in [6.07, 6.45) is 0. The highest BCUT2D eigenvalue weighted by molar-refractivity contribution is 7.92. The number of amides is 1. The van der Waals surface area contributed by atoms with Gasteiger partial charge >= 0.3 is 0 Å². The standard InChI is InChI=1S/C25H28N2O4S/c1-17-9-12-21(13-10-17)32(29,30)27(22-15-18(2)11-14-23(22)31-5)16-24(28)26-25-19(3)7-6-8-20(25)4/h6-15H,16H2,1-5H3,(H,26,28). The second kappa shape index (κ2) is 9.44. The molecule has 0 radical (unpaired) electrons. The summed E-state index contributed by atoms with van der Waals surface area (Å²) in [5, 5.41) is 2.88. The number of methoxy groups -OCH3 is 1. The zero-order valence-corrected chi connectivity index (χ0v) is 19.8. The molecule has 168 valence electrons. The minimum Gasteiger partial charge on any atom is -0.495 e. The summed E-state index contributed by atoms with van der Waals surface area (Å²) >= 11 is 0. The highest BCUT2D eigenvalue weighted by Gasteiger charge is 2.29. The Labute approximate surface area is 189 Å². The van der Waals surface area contributed by atoms with Gasteiger partial charge in [0, 0.05) is 5.69 Å². The van der Waals surface area contributed by atoms with E-state index in [1.54, 1.807) is 36.4 Å². The maximum Gasteiger partial charge on any atom is 0.264 e. The van der Waals surface area contributed by atoms with Gasteiger partial charge in [-0.15, -0.1) is 0 Å². The minimum absolute atomic E-state index is 0.103. The number of para-hydroxylation sites is 1. The van der Waals surface area contributed by atoms with Crippen LogP contribution in [0.3, 0.4) is 0 Å². The van der Waals surface area contributed by atoms with Gasteiger partial charge in [-0.05, 0) is 68.7 Å². The predicted molar refractivity (Wildman–Crippen MR) is 128 cm³/mol. The molecule has 0 aliphatic rings. The molecule has 0 saturated carbocycles. The van der Waals surface area contributed by atoms with E-state index in [1.165, 1.54) is 7.11 Å². The molecule has 0 atom stereocenters. The monoisotopic (exact) mass is 452 g/mol. The molecule has 0 fully saturated rings. The van der Waals surface area contributed by atoms with Crippen LogP contribution in [0, 0.1) is 27.7 Å². The molecule has 0 aliphatic heterocycles. The molecule has 6 nitrogen and oxygen atoms in total. The summed E-state index contributed by atoms with van der Waals surface area (Å²) in [7, 11) is -2.56. The number of ether oxygens (including phenoxy) is 1. The number of hydrogen-bond donors (Lipinski definition) is 1. The van der Waals surface area contributed by atoms with Gasteiger partial charge < -0.3 is 10.1 Å². The van der Waals surface area contributed by atoms with E-state index >= 15 is 0 Å². The van der Waals surface area contributed by atoms with Gasteiger partial charge in [0.15, 0.2) is 0 Å². The molecule has 0 bridgehead atoms. The highest BCUT2D eigenvalue weighted by atomic mass is 32.2. The van der Waals surface area contributed by atoms with Crippen LogP contribution < -0.4 is 14.4 Å². The van der Waals surface area contributed by atoms with Crippen molar-refractivity contribution in [2.75, 3.05) is 23.3 Å². The third-order valence-electron chi connectivity index (χ3n) is 5.24. The van der Waals surface area contributed by atoms with Crippen LogP contribution in [0.1, 0.15) is 22.3 Å². The lowest BCUT2D eigenvalue weighted by Crippen LogP contribution is -2.38. The molecule has 7 heteroatoms. The van der Waals surface area contributed by atoms with Crippen LogP contribution in [-0.4, -0.2) is 28.0 Å². The van der Waals surface area contributed by atoms with Crippen LogP contribution in [0.5, 0.6) is 5.75 Å². The Morgan fingerprint density at radius 3 is 2.09 bits per heavy atom. The molecule has 3 aromatic rings. The number of anilines is 2. The fraction of sp³-hybridized carbons (Fsp3) is 0.240. The summed E-state index contributed by atoms with van der Waals surface area (Å²) in [5.41, 5.74) is 4.58. The number of rotatable bonds is 7. The lowest BCUT2D eigenvalue weighted by molar-refractivity contribution is -0.114. The van der Waals surface area contributed by atoms with Crippen LogP contribution in [0.2, 0.25) is 0 Å². The highest BCUT2D eigenvalue weighted by Crippen LogP contribution is 2.33. The van der Waals surface area contributed by atoms with Gasteiger partial charge in [-0.3, -0.25) is 9.10 Å². The molecule has 3 aromatic carbocycles. The van der Waals surface area contributed by atoms with Gasteiger partial charge in [-0.2, -0.15) is 0 Å². The van der Waals surface area contributed by atoms with E-state index in [2.05, 4.69) is 5.32 Å². The minimum atomic E-state index is -4.04. The summed E-state index contributed by atoms with van der Waals surface area (Å²) in [6, 6.07) is 17.5. The maximum absolute atomic E-state index is 13.6. The van der Waals surface area contributed by atoms with Gasteiger partial charge in [-0.1, -0.05) is 42.0 Å². The summed E-state index contributed by atoms with van der Waals surface area (Å²) in [6.45, 7) is 7.13. The Hall–Kier alpha value is -3.32. The van der Waals surface area contributed by atoms with Gasteiger partial charge in [0.05, 0.1) is 17.7 Å². The van der Waals surface area contributed by atoms with Crippen molar-refractivity contribution < 1.29 is 17.9 Å². The second-order valence-corrected chi connectivity index (χ2v) is 9.68. The number of carbonyl (C=O) groups is 1. The van der Waals surface area contributed by atoms with E-state index in [1.807, 2.05) is 52.0 Å². The van der Waals surface area contributed by atoms with Crippen molar-refractivity contribution in [1.82, 2.24) is 0 Å². The molecule has 32 heavy (non-hydrogen) atoms. The van der Waals surface area contributed by atoms with Crippen LogP contribution in [0.15, 0.2) is 65.6 Å². The molecular formula is C25H28N2O4S. The molecule has 0 heterocycles. The quantitative estimate of drug-likeness (QED) is 0.561. The average Bonchev–Trinajstić information content (AvgIpc) is 2.75. The Morgan fingerprint density at radius 2 is 1.50 bits per heavy atom. The number of nitrogens with zero attached hydrogens (tertiary/aromatic N) is 1. The number of hydrogen-bond acceptors (Lipinski definition) is 4. The number of benzene rings is 3. The van der Waals surface area contributed by atoms with Gasteiger partial charge in [0.1, 0.15) is 12.3 Å². The first-order chi connectivity index (χ1) is 15.1. The molecule has 1 amide bonds. The van der Waals surface area contributed by atoms with Crippen molar-refractivity contribution in [3.05, 3.63) is 82.9 Å². The number of aryl methyl sites for hydroxylation is 4. The lowest BCUT2D eigenvalue weighted by atomic mass is 10.1. The molecule has 0 aliphatic carbocycles. The first-order valence-corrected chi connectivity index (χ1v) is 11.7. The van der Waals surface area contributed by atoms with Crippen molar-refractivity contribution in [3.8, 4) is 5.75 Å². The van der Waals surface area contributed by atoms with Crippen LogP contribution >= 0.6 is 0 Å². The van der Waals surface area contributed by atoms with E-state index in [9.17, 15) is 13.2 Å². The number of sulfonamides is 1. The Balaban J connectivity index is 2.06. The zero-order chi connectivity index (χ0) is 23.5. The maximum atomic E-state index is 13.6. The third-order valence-corrected chi connectivity index (χ3v) is 7.02. The summed E-state index contributed by atoms with van der Waals surface area (Å²) < 4.78 is 33.8. The first-order valence-electron chi connectivity index (χ1n) is 10.2. The normalized spacial score (nSPS) is 11.2. The van der Waals surface area contributed by atoms with Crippen LogP contribution in [0.25, 0.3) is 0 Å². The molecule has 0 saturated heterocycles. The molecule has 1 N–H and O–H groups in total. The van der Waals surface area contributed by atoms with E-state index in [0.29, 0.717) is 17.1 Å². The average molecular weight is 453 g/mol. The summed E-state index contributed by atoms with van der Waals surface area (Å²) in [4.78, 5) is 13.2. The van der Waals surface area contributed by atoms with Crippen molar-refractivity contribution >= 4 is 27.3 Å². The fourth-order valence-corrected chi connectivity index (χ4v) is 4.88. The van der Waals surface area contributed by atoms with Gasteiger partial charge in [0.2, 0.25) is 5.91 Å². The number of carbonyl (C=O) groups excluding carboxylic acids is 1. The van der Waals surface area contributed by atoms with E-state index in [-0.39, 0.29) is 4.90 Å². The second-order valence-electron chi connectivity index (χ2n) is 7.82.